The number of aromatic nitrogens is 2. The smallest absolute Gasteiger partial charge is 0.416 e. The molecule has 0 aliphatic carbocycles. The topological polar surface area (TPSA) is 42.2 Å². The molecule has 7 heteroatoms. The quantitative estimate of drug-likeness (QED) is 0.861. The molecule has 3 rings (SSSR count). The van der Waals surface area contributed by atoms with Gasteiger partial charge >= 0.3 is 6.18 Å². The maximum Gasteiger partial charge on any atom is 0.416 e. The third-order valence-electron chi connectivity index (χ3n) is 4.13. The van der Waals surface area contributed by atoms with Crippen molar-refractivity contribution in [2.45, 2.75) is 38.4 Å². The molecule has 124 valence electrons. The lowest BCUT2D eigenvalue weighted by atomic mass is 9.96. The van der Waals surface area contributed by atoms with Gasteiger partial charge in [0, 0.05) is 13.0 Å². The summed E-state index contributed by atoms with van der Waals surface area (Å²) in [6, 6.07) is 5.62. The zero-order valence-electron chi connectivity index (χ0n) is 12.8. The first-order chi connectivity index (χ1) is 11.0. The number of halogens is 3. The average molecular weight is 325 g/mol. The first-order valence-electron chi connectivity index (χ1n) is 7.66. The van der Waals surface area contributed by atoms with Gasteiger partial charge < -0.3 is 4.42 Å². The van der Waals surface area contributed by atoms with E-state index in [0.717, 1.165) is 24.6 Å². The van der Waals surface area contributed by atoms with Crippen LogP contribution < -0.4 is 0 Å². The predicted molar refractivity (Wildman–Crippen MR) is 77.8 cm³/mol. The Morgan fingerprint density at radius 3 is 2.74 bits per heavy atom. The lowest BCUT2D eigenvalue weighted by molar-refractivity contribution is -0.137. The minimum atomic E-state index is -4.30. The second kappa shape index (κ2) is 6.31. The molecule has 1 aromatic carbocycles. The Kier molecular flexibility index (Phi) is 4.39. The van der Waals surface area contributed by atoms with Gasteiger partial charge in [-0.05, 0) is 30.5 Å². The van der Waals surface area contributed by atoms with E-state index in [1.807, 2.05) is 6.92 Å². The number of rotatable bonds is 4. The number of aryl methyl sites for hydroxylation is 1. The summed E-state index contributed by atoms with van der Waals surface area (Å²) in [7, 11) is 0. The van der Waals surface area contributed by atoms with Crippen LogP contribution in [0, 0.1) is 0 Å². The Labute approximate surface area is 132 Å². The fourth-order valence-electron chi connectivity index (χ4n) is 2.90. The van der Waals surface area contributed by atoms with E-state index in [9.17, 15) is 13.2 Å². The number of nitrogens with zero attached hydrogens (tertiary/aromatic N) is 3. The summed E-state index contributed by atoms with van der Waals surface area (Å²) < 4.78 is 43.9. The summed E-state index contributed by atoms with van der Waals surface area (Å²) in [5.41, 5.74) is 0.153. The number of likely N-dealkylation sites (tertiary alicyclic amines) is 1. The van der Waals surface area contributed by atoms with E-state index in [0.29, 0.717) is 31.3 Å². The maximum absolute atomic E-state index is 12.8. The second-order valence-electron chi connectivity index (χ2n) is 5.79. The van der Waals surface area contributed by atoms with Crippen LogP contribution in [-0.4, -0.2) is 28.2 Å². The monoisotopic (exact) mass is 325 g/mol. The molecule has 4 nitrogen and oxygen atoms in total. The zero-order chi connectivity index (χ0) is 16.4. The third-order valence-corrected chi connectivity index (χ3v) is 4.13. The molecule has 1 aromatic heterocycles. The van der Waals surface area contributed by atoms with Gasteiger partial charge in [0.25, 0.3) is 0 Å². The van der Waals surface area contributed by atoms with Gasteiger partial charge in [0.05, 0.1) is 12.1 Å². The van der Waals surface area contributed by atoms with Gasteiger partial charge in [-0.25, -0.2) is 0 Å². The molecule has 1 atom stereocenters. The lowest BCUT2D eigenvalue weighted by Gasteiger charge is -2.15. The highest BCUT2D eigenvalue weighted by molar-refractivity contribution is 5.29. The van der Waals surface area contributed by atoms with E-state index in [4.69, 9.17) is 4.42 Å². The van der Waals surface area contributed by atoms with E-state index in [1.54, 1.807) is 6.07 Å². The summed E-state index contributed by atoms with van der Waals surface area (Å²) in [6.45, 7) is 4.00. The highest BCUT2D eigenvalue weighted by Gasteiger charge is 2.32. The van der Waals surface area contributed by atoms with Crippen molar-refractivity contribution in [2.24, 2.45) is 0 Å². The SMILES string of the molecule is CCc1nnc(CN2CCC(c3cccc(C(F)(F)F)c3)C2)o1. The molecule has 1 aliphatic heterocycles. The summed E-state index contributed by atoms with van der Waals surface area (Å²) >= 11 is 0. The van der Waals surface area contributed by atoms with Crippen molar-refractivity contribution in [3.63, 3.8) is 0 Å². The molecule has 23 heavy (non-hydrogen) atoms. The molecular weight excluding hydrogens is 307 g/mol. The maximum atomic E-state index is 12.8. The lowest BCUT2D eigenvalue weighted by Crippen LogP contribution is -2.20. The van der Waals surface area contributed by atoms with Gasteiger partial charge in [0.1, 0.15) is 0 Å². The fraction of sp³-hybridized carbons (Fsp3) is 0.500. The van der Waals surface area contributed by atoms with E-state index in [-0.39, 0.29) is 5.92 Å². The number of hydrogen-bond acceptors (Lipinski definition) is 4. The Hall–Kier alpha value is -1.89. The second-order valence-corrected chi connectivity index (χ2v) is 5.79. The summed E-state index contributed by atoms with van der Waals surface area (Å²) in [4.78, 5) is 2.14. The standard InChI is InChI=1S/C16H18F3N3O/c1-2-14-20-21-15(23-14)10-22-7-6-12(9-22)11-4-3-5-13(8-11)16(17,18)19/h3-5,8,12H,2,6-7,9-10H2,1H3. The predicted octanol–water partition coefficient (Wildman–Crippen LogP) is 3.64. The van der Waals surface area contributed by atoms with Crippen molar-refractivity contribution in [1.82, 2.24) is 15.1 Å². The number of hydrogen-bond donors (Lipinski definition) is 0. The van der Waals surface area contributed by atoms with Crippen molar-refractivity contribution in [3.05, 3.63) is 47.2 Å². The van der Waals surface area contributed by atoms with Crippen LogP contribution in [0.4, 0.5) is 13.2 Å². The van der Waals surface area contributed by atoms with Gasteiger partial charge in [-0.2, -0.15) is 13.2 Å². The number of benzene rings is 1. The first-order valence-corrected chi connectivity index (χ1v) is 7.66. The van der Waals surface area contributed by atoms with Crippen molar-refractivity contribution >= 4 is 0 Å². The minimum Gasteiger partial charge on any atom is -0.424 e. The van der Waals surface area contributed by atoms with Crippen molar-refractivity contribution in [3.8, 4) is 0 Å². The van der Waals surface area contributed by atoms with Gasteiger partial charge in [0.15, 0.2) is 0 Å². The Morgan fingerprint density at radius 2 is 2.04 bits per heavy atom. The Morgan fingerprint density at radius 1 is 1.26 bits per heavy atom. The molecule has 0 spiro atoms. The molecule has 1 aliphatic rings. The third kappa shape index (κ3) is 3.72. The van der Waals surface area contributed by atoms with Crippen molar-refractivity contribution in [2.75, 3.05) is 13.1 Å². The van der Waals surface area contributed by atoms with Crippen LogP contribution in [0.5, 0.6) is 0 Å². The zero-order valence-corrected chi connectivity index (χ0v) is 12.8. The highest BCUT2D eigenvalue weighted by atomic mass is 19.4. The molecule has 2 aromatic rings. The minimum absolute atomic E-state index is 0.103. The molecule has 1 fully saturated rings. The summed E-state index contributed by atoms with van der Waals surface area (Å²) in [5, 5.41) is 7.91. The first kappa shape index (κ1) is 16.0. The van der Waals surface area contributed by atoms with Gasteiger partial charge in [0.2, 0.25) is 11.8 Å². The van der Waals surface area contributed by atoms with Crippen LogP contribution in [-0.2, 0) is 19.1 Å². The Bertz CT molecular complexity index is 669. The molecule has 0 saturated carbocycles. The molecule has 2 heterocycles. The molecule has 0 radical (unpaired) electrons. The largest absolute Gasteiger partial charge is 0.424 e. The molecular formula is C16H18F3N3O. The number of alkyl halides is 3. The molecule has 0 bridgehead atoms. The van der Waals surface area contributed by atoms with E-state index >= 15 is 0 Å². The van der Waals surface area contributed by atoms with Crippen LogP contribution in [0.25, 0.3) is 0 Å². The fourth-order valence-corrected chi connectivity index (χ4v) is 2.90. The molecule has 1 unspecified atom stereocenters. The van der Waals surface area contributed by atoms with Crippen LogP contribution in [0.15, 0.2) is 28.7 Å². The highest BCUT2D eigenvalue weighted by Crippen LogP contribution is 2.34. The van der Waals surface area contributed by atoms with Gasteiger partial charge in [-0.3, -0.25) is 4.90 Å². The normalized spacial score (nSPS) is 19.4. The molecule has 0 amide bonds. The molecule has 0 N–H and O–H groups in total. The summed E-state index contributed by atoms with van der Waals surface area (Å²) in [6.07, 6.45) is -2.77. The Balaban J connectivity index is 1.65. The van der Waals surface area contributed by atoms with E-state index in [2.05, 4.69) is 15.1 Å². The van der Waals surface area contributed by atoms with Crippen LogP contribution in [0.2, 0.25) is 0 Å². The van der Waals surface area contributed by atoms with E-state index < -0.39 is 11.7 Å². The van der Waals surface area contributed by atoms with Crippen LogP contribution in [0.1, 0.15) is 42.2 Å². The van der Waals surface area contributed by atoms with E-state index in [1.165, 1.54) is 12.1 Å². The van der Waals surface area contributed by atoms with Crippen molar-refractivity contribution in [1.29, 1.82) is 0 Å². The van der Waals surface area contributed by atoms with Crippen LogP contribution >= 0.6 is 0 Å². The van der Waals surface area contributed by atoms with Gasteiger partial charge in [-0.1, -0.05) is 25.1 Å². The average Bonchev–Trinajstić information content (AvgIpc) is 3.16. The van der Waals surface area contributed by atoms with Gasteiger partial charge in [-0.15, -0.1) is 10.2 Å². The van der Waals surface area contributed by atoms with Crippen molar-refractivity contribution < 1.29 is 17.6 Å². The summed E-state index contributed by atoms with van der Waals surface area (Å²) in [5.74, 6) is 1.27. The van der Waals surface area contributed by atoms with Crippen LogP contribution in [0.3, 0.4) is 0 Å². The molecule has 1 saturated heterocycles.